The summed E-state index contributed by atoms with van der Waals surface area (Å²) in [5.41, 5.74) is 1.27. The van der Waals surface area contributed by atoms with E-state index >= 15 is 0 Å². The summed E-state index contributed by atoms with van der Waals surface area (Å²) in [6.07, 6.45) is 2.14. The standard InChI is InChI=1S/C13H17BrN2O/c1-17-9-7-15-6-8-16-10-12(14)11-4-2-3-5-13(11)16/h2-5,10,15H,6-9H2,1H3. The number of halogens is 1. The minimum atomic E-state index is 0.760. The summed E-state index contributed by atoms with van der Waals surface area (Å²) in [7, 11) is 1.72. The van der Waals surface area contributed by atoms with Crippen LogP contribution in [0.1, 0.15) is 0 Å². The number of ether oxygens (including phenoxy) is 1. The third-order valence-electron chi connectivity index (χ3n) is 2.75. The van der Waals surface area contributed by atoms with Crippen molar-refractivity contribution in [2.24, 2.45) is 0 Å². The van der Waals surface area contributed by atoms with Gasteiger partial charge in [0.1, 0.15) is 0 Å². The van der Waals surface area contributed by atoms with Crippen molar-refractivity contribution in [3.8, 4) is 0 Å². The van der Waals surface area contributed by atoms with Crippen molar-refractivity contribution in [1.82, 2.24) is 9.88 Å². The molecule has 0 saturated heterocycles. The van der Waals surface area contributed by atoms with Gasteiger partial charge in [-0.05, 0) is 22.0 Å². The number of rotatable bonds is 6. The van der Waals surface area contributed by atoms with Crippen LogP contribution in [0.15, 0.2) is 34.9 Å². The molecule has 17 heavy (non-hydrogen) atoms. The minimum absolute atomic E-state index is 0.760. The fourth-order valence-corrected chi connectivity index (χ4v) is 2.47. The largest absolute Gasteiger partial charge is 0.383 e. The second-order valence-electron chi connectivity index (χ2n) is 3.93. The highest BCUT2D eigenvalue weighted by molar-refractivity contribution is 9.10. The molecule has 2 rings (SSSR count). The van der Waals surface area contributed by atoms with E-state index in [1.165, 1.54) is 10.9 Å². The molecule has 0 radical (unpaired) electrons. The van der Waals surface area contributed by atoms with E-state index < -0.39 is 0 Å². The van der Waals surface area contributed by atoms with E-state index in [2.05, 4.69) is 56.3 Å². The molecule has 4 heteroatoms. The van der Waals surface area contributed by atoms with E-state index in [1.807, 2.05) is 0 Å². The van der Waals surface area contributed by atoms with E-state index in [0.717, 1.165) is 30.7 Å². The molecule has 1 heterocycles. The number of methoxy groups -OCH3 is 1. The van der Waals surface area contributed by atoms with Gasteiger partial charge in [0.25, 0.3) is 0 Å². The third kappa shape index (κ3) is 3.09. The second-order valence-corrected chi connectivity index (χ2v) is 4.78. The smallest absolute Gasteiger partial charge is 0.0587 e. The van der Waals surface area contributed by atoms with Crippen molar-refractivity contribution in [3.05, 3.63) is 34.9 Å². The molecule has 0 bridgehead atoms. The minimum Gasteiger partial charge on any atom is -0.383 e. The van der Waals surface area contributed by atoms with Crippen molar-refractivity contribution in [3.63, 3.8) is 0 Å². The number of benzene rings is 1. The molecule has 0 fully saturated rings. The lowest BCUT2D eigenvalue weighted by Gasteiger charge is -2.06. The topological polar surface area (TPSA) is 26.2 Å². The Morgan fingerprint density at radius 2 is 2.12 bits per heavy atom. The third-order valence-corrected chi connectivity index (χ3v) is 3.38. The maximum Gasteiger partial charge on any atom is 0.0587 e. The van der Waals surface area contributed by atoms with Gasteiger partial charge in [0.05, 0.1) is 6.61 Å². The van der Waals surface area contributed by atoms with Crippen LogP contribution in [0.25, 0.3) is 10.9 Å². The maximum atomic E-state index is 4.99. The number of fused-ring (bicyclic) bond motifs is 1. The molecule has 0 amide bonds. The summed E-state index contributed by atoms with van der Waals surface area (Å²) in [6, 6.07) is 8.42. The van der Waals surface area contributed by atoms with Crippen molar-refractivity contribution in [1.29, 1.82) is 0 Å². The Hall–Kier alpha value is -0.840. The van der Waals surface area contributed by atoms with Crippen LogP contribution in [-0.4, -0.2) is 31.4 Å². The summed E-state index contributed by atoms with van der Waals surface area (Å²) in [6.45, 7) is 3.58. The lowest BCUT2D eigenvalue weighted by molar-refractivity contribution is 0.199. The monoisotopic (exact) mass is 296 g/mol. The first kappa shape index (κ1) is 12.6. The van der Waals surface area contributed by atoms with Crippen molar-refractivity contribution in [2.45, 2.75) is 6.54 Å². The Morgan fingerprint density at radius 1 is 1.29 bits per heavy atom. The highest BCUT2D eigenvalue weighted by Crippen LogP contribution is 2.25. The van der Waals surface area contributed by atoms with Gasteiger partial charge in [-0.1, -0.05) is 18.2 Å². The van der Waals surface area contributed by atoms with Crippen LogP contribution >= 0.6 is 15.9 Å². The molecule has 0 unspecified atom stereocenters. The van der Waals surface area contributed by atoms with Gasteiger partial charge in [0.2, 0.25) is 0 Å². The summed E-state index contributed by atoms with van der Waals surface area (Å²) in [5.74, 6) is 0. The average molecular weight is 297 g/mol. The molecule has 0 aliphatic rings. The molecule has 92 valence electrons. The summed E-state index contributed by atoms with van der Waals surface area (Å²) in [5, 5.41) is 4.62. The van der Waals surface area contributed by atoms with E-state index in [4.69, 9.17) is 4.74 Å². The first-order chi connectivity index (χ1) is 8.33. The van der Waals surface area contributed by atoms with Crippen LogP contribution in [-0.2, 0) is 11.3 Å². The van der Waals surface area contributed by atoms with Gasteiger partial charge in [0, 0.05) is 48.3 Å². The molecule has 0 saturated carbocycles. The fourth-order valence-electron chi connectivity index (χ4n) is 1.89. The predicted octanol–water partition coefficient (Wildman–Crippen LogP) is 2.64. The Morgan fingerprint density at radius 3 is 2.94 bits per heavy atom. The zero-order chi connectivity index (χ0) is 12.1. The van der Waals surface area contributed by atoms with E-state index in [1.54, 1.807) is 7.11 Å². The molecule has 0 aliphatic carbocycles. The highest BCUT2D eigenvalue weighted by Gasteiger charge is 2.04. The maximum absolute atomic E-state index is 4.99. The van der Waals surface area contributed by atoms with Crippen LogP contribution in [0.4, 0.5) is 0 Å². The van der Waals surface area contributed by atoms with Gasteiger partial charge >= 0.3 is 0 Å². The van der Waals surface area contributed by atoms with Gasteiger partial charge in [-0.15, -0.1) is 0 Å². The lowest BCUT2D eigenvalue weighted by atomic mass is 10.2. The quantitative estimate of drug-likeness (QED) is 0.830. The van der Waals surface area contributed by atoms with Gasteiger partial charge < -0.3 is 14.6 Å². The second kappa shape index (κ2) is 6.19. The molecule has 0 aliphatic heterocycles. The summed E-state index contributed by atoms with van der Waals surface area (Å²) < 4.78 is 8.41. The Kier molecular flexibility index (Phi) is 4.59. The molecule has 2 aromatic rings. The Bertz CT molecular complexity index is 481. The molecular weight excluding hydrogens is 280 g/mol. The van der Waals surface area contributed by atoms with Crippen molar-refractivity contribution >= 4 is 26.8 Å². The van der Waals surface area contributed by atoms with Crippen molar-refractivity contribution in [2.75, 3.05) is 26.8 Å². The lowest BCUT2D eigenvalue weighted by Crippen LogP contribution is -2.23. The first-order valence-corrected chi connectivity index (χ1v) is 6.55. The molecule has 1 aromatic heterocycles. The summed E-state index contributed by atoms with van der Waals surface area (Å²) >= 11 is 3.59. The highest BCUT2D eigenvalue weighted by atomic mass is 79.9. The fraction of sp³-hybridized carbons (Fsp3) is 0.385. The zero-order valence-electron chi connectivity index (χ0n) is 9.95. The van der Waals surface area contributed by atoms with Crippen molar-refractivity contribution < 1.29 is 4.74 Å². The van der Waals surface area contributed by atoms with Crippen LogP contribution in [0.3, 0.4) is 0 Å². The number of hydrogen-bond donors (Lipinski definition) is 1. The number of nitrogens with one attached hydrogen (secondary N) is 1. The number of hydrogen-bond acceptors (Lipinski definition) is 2. The van der Waals surface area contributed by atoms with Crippen LogP contribution in [0, 0.1) is 0 Å². The molecule has 3 nitrogen and oxygen atoms in total. The van der Waals surface area contributed by atoms with Gasteiger partial charge in [-0.2, -0.15) is 0 Å². The van der Waals surface area contributed by atoms with E-state index in [9.17, 15) is 0 Å². The SMILES string of the molecule is COCCNCCn1cc(Br)c2ccccc21. The van der Waals surface area contributed by atoms with E-state index in [0.29, 0.717) is 0 Å². The molecular formula is C13H17BrN2O. The predicted molar refractivity (Wildman–Crippen MR) is 74.4 cm³/mol. The zero-order valence-corrected chi connectivity index (χ0v) is 11.5. The molecule has 0 atom stereocenters. The van der Waals surface area contributed by atoms with Crippen LogP contribution < -0.4 is 5.32 Å². The van der Waals surface area contributed by atoms with Gasteiger partial charge in [-0.3, -0.25) is 0 Å². The molecule has 0 spiro atoms. The number of nitrogens with zero attached hydrogens (tertiary/aromatic N) is 1. The van der Waals surface area contributed by atoms with Crippen LogP contribution in [0.2, 0.25) is 0 Å². The Balaban J connectivity index is 1.99. The molecule has 1 N–H and O–H groups in total. The number of aromatic nitrogens is 1. The number of para-hydroxylation sites is 1. The van der Waals surface area contributed by atoms with Gasteiger partial charge in [-0.25, -0.2) is 0 Å². The molecule has 1 aromatic carbocycles. The van der Waals surface area contributed by atoms with Crippen LogP contribution in [0.5, 0.6) is 0 Å². The van der Waals surface area contributed by atoms with Gasteiger partial charge in [0.15, 0.2) is 0 Å². The summed E-state index contributed by atoms with van der Waals surface area (Å²) in [4.78, 5) is 0. The van der Waals surface area contributed by atoms with E-state index in [-0.39, 0.29) is 0 Å². The average Bonchev–Trinajstić information content (AvgIpc) is 2.67. The normalized spacial score (nSPS) is 11.2. The first-order valence-electron chi connectivity index (χ1n) is 5.76. The Labute approximate surface area is 110 Å².